The molecule has 5 rings (SSSR count). The summed E-state index contributed by atoms with van der Waals surface area (Å²) in [5, 5.41) is 2.01. The number of carbonyl (C=O) groups is 3. The Morgan fingerprint density at radius 1 is 1.06 bits per heavy atom. The number of rotatable bonds is 6. The van der Waals surface area contributed by atoms with Crippen molar-refractivity contribution in [1.82, 2.24) is 14.7 Å². The van der Waals surface area contributed by atoms with Gasteiger partial charge in [0.15, 0.2) is 0 Å². The molecule has 3 saturated heterocycles. The SMILES string of the molecule is CCOc1ccc(C(=O)N2CCC3(CC2)CCN(C(=O)C2CC(=O)N(Cc4cccs4)C2)C3)cc1. The third-order valence-electron chi connectivity index (χ3n) is 7.76. The molecule has 1 atom stereocenters. The van der Waals surface area contributed by atoms with Crippen LogP contribution < -0.4 is 4.74 Å². The average molecular weight is 496 g/mol. The quantitative estimate of drug-likeness (QED) is 0.614. The lowest BCUT2D eigenvalue weighted by molar-refractivity contribution is -0.135. The van der Waals surface area contributed by atoms with Crippen LogP contribution in [0.1, 0.15) is 47.8 Å². The summed E-state index contributed by atoms with van der Waals surface area (Å²) in [5.41, 5.74) is 0.774. The second-order valence-electron chi connectivity index (χ2n) is 10.0. The number of hydrogen-bond acceptors (Lipinski definition) is 5. The fraction of sp³-hybridized carbons (Fsp3) is 0.519. The van der Waals surface area contributed by atoms with Crippen molar-refractivity contribution in [3.05, 3.63) is 52.2 Å². The van der Waals surface area contributed by atoms with Gasteiger partial charge in [-0.2, -0.15) is 0 Å². The number of benzene rings is 1. The van der Waals surface area contributed by atoms with Crippen LogP contribution in [0.4, 0.5) is 0 Å². The molecular formula is C27H33N3O4S. The Bertz CT molecular complexity index is 1060. The molecule has 7 nitrogen and oxygen atoms in total. The van der Waals surface area contributed by atoms with Crippen molar-refractivity contribution in [2.45, 2.75) is 39.2 Å². The Labute approximate surface area is 210 Å². The van der Waals surface area contributed by atoms with E-state index in [0.29, 0.717) is 44.8 Å². The average Bonchev–Trinajstić information content (AvgIpc) is 3.61. The Morgan fingerprint density at radius 2 is 1.77 bits per heavy atom. The monoisotopic (exact) mass is 495 g/mol. The first-order valence-corrected chi connectivity index (χ1v) is 13.5. The van der Waals surface area contributed by atoms with Crippen molar-refractivity contribution in [3.63, 3.8) is 0 Å². The molecule has 0 saturated carbocycles. The summed E-state index contributed by atoms with van der Waals surface area (Å²) >= 11 is 1.64. The molecule has 3 aliphatic rings. The summed E-state index contributed by atoms with van der Waals surface area (Å²) in [6.07, 6.45) is 3.11. The molecule has 1 unspecified atom stereocenters. The molecule has 0 N–H and O–H groups in total. The third kappa shape index (κ3) is 5.08. The molecule has 0 aliphatic carbocycles. The first kappa shape index (κ1) is 23.9. The van der Waals surface area contributed by atoms with Crippen LogP contribution >= 0.6 is 11.3 Å². The van der Waals surface area contributed by atoms with Gasteiger partial charge in [-0.25, -0.2) is 0 Å². The topological polar surface area (TPSA) is 70.2 Å². The van der Waals surface area contributed by atoms with Crippen LogP contribution in [0.3, 0.4) is 0 Å². The summed E-state index contributed by atoms with van der Waals surface area (Å²) in [6.45, 7) is 6.58. The second-order valence-corrected chi connectivity index (χ2v) is 11.0. The van der Waals surface area contributed by atoms with E-state index in [-0.39, 0.29) is 29.1 Å². The maximum absolute atomic E-state index is 13.3. The molecule has 8 heteroatoms. The number of likely N-dealkylation sites (tertiary alicyclic amines) is 3. The highest BCUT2D eigenvalue weighted by molar-refractivity contribution is 7.09. The van der Waals surface area contributed by atoms with Crippen molar-refractivity contribution in [1.29, 1.82) is 0 Å². The van der Waals surface area contributed by atoms with Gasteiger partial charge >= 0.3 is 0 Å². The molecule has 1 aromatic heterocycles. The summed E-state index contributed by atoms with van der Waals surface area (Å²) in [7, 11) is 0. The van der Waals surface area contributed by atoms with Gasteiger partial charge < -0.3 is 19.4 Å². The molecule has 3 amide bonds. The highest BCUT2D eigenvalue weighted by atomic mass is 32.1. The molecule has 4 heterocycles. The van der Waals surface area contributed by atoms with Crippen molar-refractivity contribution in [3.8, 4) is 5.75 Å². The lowest BCUT2D eigenvalue weighted by Crippen LogP contribution is -2.45. The van der Waals surface area contributed by atoms with E-state index < -0.39 is 0 Å². The number of hydrogen-bond donors (Lipinski definition) is 0. The Morgan fingerprint density at radius 3 is 2.43 bits per heavy atom. The molecule has 186 valence electrons. The zero-order valence-electron chi connectivity index (χ0n) is 20.3. The van der Waals surface area contributed by atoms with Gasteiger partial charge in [0.1, 0.15) is 5.75 Å². The van der Waals surface area contributed by atoms with Crippen molar-refractivity contribution in [2.75, 3.05) is 39.3 Å². The number of ether oxygens (including phenoxy) is 1. The summed E-state index contributed by atoms with van der Waals surface area (Å²) in [4.78, 5) is 45.7. The van der Waals surface area contributed by atoms with Crippen molar-refractivity contribution >= 4 is 29.1 Å². The van der Waals surface area contributed by atoms with Gasteiger partial charge in [-0.3, -0.25) is 14.4 Å². The summed E-state index contributed by atoms with van der Waals surface area (Å²) in [6, 6.07) is 11.4. The van der Waals surface area contributed by atoms with Crippen LogP contribution in [0.15, 0.2) is 41.8 Å². The fourth-order valence-electron chi connectivity index (χ4n) is 5.70. The molecule has 35 heavy (non-hydrogen) atoms. The molecular weight excluding hydrogens is 462 g/mol. The molecule has 3 aliphatic heterocycles. The van der Waals surface area contributed by atoms with E-state index in [2.05, 4.69) is 0 Å². The standard InChI is InChI=1S/C27H33N3O4S/c1-2-34-22-7-5-20(6-8-22)25(32)28-12-9-27(10-13-28)11-14-29(19-27)26(33)21-16-24(31)30(17-21)18-23-4-3-15-35-23/h3-8,15,21H,2,9-14,16-19H2,1H3. The maximum Gasteiger partial charge on any atom is 0.253 e. The first-order valence-electron chi connectivity index (χ1n) is 12.6. The normalized spacial score (nSPS) is 21.7. The third-order valence-corrected chi connectivity index (χ3v) is 8.63. The number of amides is 3. The minimum atomic E-state index is -0.237. The molecule has 0 radical (unpaired) electrons. The van der Waals surface area contributed by atoms with E-state index in [1.807, 2.05) is 63.4 Å². The van der Waals surface area contributed by atoms with Gasteiger partial charge in [0.25, 0.3) is 5.91 Å². The van der Waals surface area contributed by atoms with E-state index >= 15 is 0 Å². The Kier molecular flexibility index (Phi) is 6.82. The molecule has 3 fully saturated rings. The van der Waals surface area contributed by atoms with Crippen molar-refractivity contribution < 1.29 is 19.1 Å². The van der Waals surface area contributed by atoms with E-state index in [1.165, 1.54) is 0 Å². The van der Waals surface area contributed by atoms with Gasteiger partial charge in [-0.1, -0.05) is 6.07 Å². The van der Waals surface area contributed by atoms with Crippen LogP contribution in [0.2, 0.25) is 0 Å². The summed E-state index contributed by atoms with van der Waals surface area (Å²) < 4.78 is 5.47. The largest absolute Gasteiger partial charge is 0.494 e. The number of nitrogens with zero attached hydrogens (tertiary/aromatic N) is 3. The lowest BCUT2D eigenvalue weighted by atomic mass is 9.77. The van der Waals surface area contributed by atoms with Gasteiger partial charge in [-0.05, 0) is 67.3 Å². The number of piperidine rings is 1. The maximum atomic E-state index is 13.3. The van der Waals surface area contributed by atoms with E-state index in [9.17, 15) is 14.4 Å². The second kappa shape index (κ2) is 10.0. The van der Waals surface area contributed by atoms with E-state index in [4.69, 9.17) is 4.74 Å². The predicted molar refractivity (Wildman–Crippen MR) is 134 cm³/mol. The highest BCUT2D eigenvalue weighted by Gasteiger charge is 2.45. The van der Waals surface area contributed by atoms with Crippen LogP contribution in [0, 0.1) is 11.3 Å². The van der Waals surface area contributed by atoms with Gasteiger partial charge in [-0.15, -0.1) is 11.3 Å². The van der Waals surface area contributed by atoms with Crippen LogP contribution in [-0.4, -0.2) is 71.8 Å². The van der Waals surface area contributed by atoms with E-state index in [1.54, 1.807) is 11.3 Å². The van der Waals surface area contributed by atoms with Gasteiger partial charge in [0.05, 0.1) is 19.1 Å². The Hall–Kier alpha value is -2.87. The molecule has 0 bridgehead atoms. The molecule has 1 spiro atoms. The van der Waals surface area contributed by atoms with Gasteiger partial charge in [0.2, 0.25) is 11.8 Å². The predicted octanol–water partition coefficient (Wildman–Crippen LogP) is 3.65. The lowest BCUT2D eigenvalue weighted by Gasteiger charge is -2.39. The number of carbonyl (C=O) groups excluding carboxylic acids is 3. The minimum Gasteiger partial charge on any atom is -0.494 e. The fourth-order valence-corrected chi connectivity index (χ4v) is 6.42. The number of thiophene rings is 1. The smallest absolute Gasteiger partial charge is 0.253 e. The summed E-state index contributed by atoms with van der Waals surface area (Å²) in [5.74, 6) is 0.794. The highest BCUT2D eigenvalue weighted by Crippen LogP contribution is 2.41. The molecule has 1 aromatic carbocycles. The minimum absolute atomic E-state index is 0.0594. The van der Waals surface area contributed by atoms with Crippen LogP contribution in [0.25, 0.3) is 0 Å². The Balaban J connectivity index is 1.13. The zero-order chi connectivity index (χ0) is 24.4. The zero-order valence-corrected chi connectivity index (χ0v) is 21.1. The van der Waals surface area contributed by atoms with E-state index in [0.717, 1.165) is 43.0 Å². The van der Waals surface area contributed by atoms with Crippen LogP contribution in [0.5, 0.6) is 5.75 Å². The van der Waals surface area contributed by atoms with Crippen LogP contribution in [-0.2, 0) is 16.1 Å². The van der Waals surface area contributed by atoms with Crippen molar-refractivity contribution in [2.24, 2.45) is 11.3 Å². The first-order chi connectivity index (χ1) is 17.0. The van der Waals surface area contributed by atoms with Gasteiger partial charge in [0, 0.05) is 49.6 Å². The molecule has 2 aromatic rings.